The van der Waals surface area contributed by atoms with E-state index in [2.05, 4.69) is 30.5 Å². The molecule has 0 saturated carbocycles. The Morgan fingerprint density at radius 1 is 0.909 bits per heavy atom. The van der Waals surface area contributed by atoms with Crippen LogP contribution < -0.4 is 10.2 Å². The molecule has 4 aromatic rings. The van der Waals surface area contributed by atoms with E-state index < -0.39 is 0 Å². The maximum Gasteiger partial charge on any atom is 0.272 e. The van der Waals surface area contributed by atoms with Gasteiger partial charge in [-0.15, -0.1) is 10.2 Å². The summed E-state index contributed by atoms with van der Waals surface area (Å²) in [4.78, 5) is 21.2. The lowest BCUT2D eigenvalue weighted by molar-refractivity contribution is 0.0735. The molecule has 1 aliphatic rings. The van der Waals surface area contributed by atoms with Crippen molar-refractivity contribution in [3.05, 3.63) is 78.8 Å². The van der Waals surface area contributed by atoms with E-state index in [1.807, 2.05) is 72.6 Å². The Kier molecular flexibility index (Phi) is 5.67. The Bertz CT molecular complexity index is 1220. The van der Waals surface area contributed by atoms with Gasteiger partial charge in [0.25, 0.3) is 5.91 Å². The summed E-state index contributed by atoms with van der Waals surface area (Å²) >= 11 is 0. The number of carbonyl (C=O) groups excluding carboxylic acids is 1. The summed E-state index contributed by atoms with van der Waals surface area (Å²) in [5, 5.41) is 16.4. The van der Waals surface area contributed by atoms with Gasteiger partial charge < -0.3 is 15.1 Å². The van der Waals surface area contributed by atoms with Gasteiger partial charge in [0.15, 0.2) is 11.6 Å². The van der Waals surface area contributed by atoms with Crippen molar-refractivity contribution in [2.75, 3.05) is 36.4 Å². The zero-order chi connectivity index (χ0) is 22.6. The number of nitrogens with zero attached hydrogens (tertiary/aromatic N) is 7. The van der Waals surface area contributed by atoms with Gasteiger partial charge in [-0.05, 0) is 30.3 Å². The third-order valence-corrected chi connectivity index (χ3v) is 5.66. The van der Waals surface area contributed by atoms with Gasteiger partial charge in [-0.25, -0.2) is 0 Å². The van der Waals surface area contributed by atoms with Crippen molar-refractivity contribution >= 4 is 23.2 Å². The van der Waals surface area contributed by atoms with Crippen molar-refractivity contribution in [2.45, 2.75) is 0 Å². The highest BCUT2D eigenvalue weighted by atomic mass is 16.2. The van der Waals surface area contributed by atoms with E-state index in [-0.39, 0.29) is 5.91 Å². The lowest BCUT2D eigenvalue weighted by Gasteiger charge is -2.35. The van der Waals surface area contributed by atoms with Gasteiger partial charge in [0.1, 0.15) is 5.69 Å². The number of carbonyl (C=O) groups is 1. The minimum Gasteiger partial charge on any atom is -0.352 e. The number of amides is 1. The predicted octanol–water partition coefficient (Wildman–Crippen LogP) is 2.98. The molecule has 1 N–H and O–H groups in total. The molecule has 4 heterocycles. The fourth-order valence-electron chi connectivity index (χ4n) is 3.86. The van der Waals surface area contributed by atoms with Crippen LogP contribution in [0.2, 0.25) is 0 Å². The third-order valence-electron chi connectivity index (χ3n) is 5.66. The Morgan fingerprint density at radius 3 is 2.36 bits per heavy atom. The standard InChI is InChI=1S/C24H24N8O/c1-30-21(17-20(29-30)18-5-3-2-4-6-18)24(33)32-15-13-31(14-16-32)23-8-7-22(27-28-23)26-19-9-11-25-12-10-19/h2-12,17H,13-16H2,1H3,(H,25,26,27). The molecule has 1 fully saturated rings. The number of rotatable bonds is 5. The molecule has 5 rings (SSSR count). The number of aromatic nitrogens is 5. The van der Waals surface area contributed by atoms with Gasteiger partial charge >= 0.3 is 0 Å². The van der Waals surface area contributed by atoms with Crippen molar-refractivity contribution in [2.24, 2.45) is 7.05 Å². The van der Waals surface area contributed by atoms with Gasteiger partial charge in [-0.2, -0.15) is 5.10 Å². The van der Waals surface area contributed by atoms with Crippen LogP contribution in [0.5, 0.6) is 0 Å². The summed E-state index contributed by atoms with van der Waals surface area (Å²) in [7, 11) is 1.81. The molecule has 33 heavy (non-hydrogen) atoms. The number of anilines is 3. The molecule has 166 valence electrons. The number of hydrogen-bond acceptors (Lipinski definition) is 7. The number of hydrogen-bond donors (Lipinski definition) is 1. The molecule has 1 saturated heterocycles. The number of benzene rings is 1. The van der Waals surface area contributed by atoms with Crippen molar-refractivity contribution in [1.29, 1.82) is 0 Å². The summed E-state index contributed by atoms with van der Waals surface area (Å²) in [6.07, 6.45) is 3.44. The molecule has 3 aromatic heterocycles. The lowest BCUT2D eigenvalue weighted by Crippen LogP contribution is -2.49. The summed E-state index contributed by atoms with van der Waals surface area (Å²) < 4.78 is 1.66. The van der Waals surface area contributed by atoms with E-state index >= 15 is 0 Å². The highest BCUT2D eigenvalue weighted by Crippen LogP contribution is 2.21. The molecule has 9 heteroatoms. The Balaban J connectivity index is 1.20. The van der Waals surface area contributed by atoms with Crippen LogP contribution in [0.25, 0.3) is 11.3 Å². The predicted molar refractivity (Wildman–Crippen MR) is 126 cm³/mol. The van der Waals surface area contributed by atoms with E-state index in [1.54, 1.807) is 17.1 Å². The molecular formula is C24H24N8O. The maximum absolute atomic E-state index is 13.1. The maximum atomic E-state index is 13.1. The summed E-state index contributed by atoms with van der Waals surface area (Å²) in [6.45, 7) is 2.62. The second-order valence-corrected chi connectivity index (χ2v) is 7.82. The first-order valence-corrected chi connectivity index (χ1v) is 10.8. The van der Waals surface area contributed by atoms with Gasteiger partial charge in [0.05, 0.1) is 5.69 Å². The van der Waals surface area contributed by atoms with Crippen LogP contribution >= 0.6 is 0 Å². The molecule has 0 aliphatic carbocycles. The topological polar surface area (TPSA) is 92.1 Å². The van der Waals surface area contributed by atoms with Gasteiger partial charge in [0.2, 0.25) is 0 Å². The molecule has 1 aliphatic heterocycles. The van der Waals surface area contributed by atoms with Crippen LogP contribution in [0.4, 0.5) is 17.3 Å². The van der Waals surface area contributed by atoms with Crippen molar-refractivity contribution in [3.8, 4) is 11.3 Å². The van der Waals surface area contributed by atoms with Gasteiger partial charge in [-0.3, -0.25) is 14.5 Å². The number of nitrogens with one attached hydrogen (secondary N) is 1. The first-order valence-electron chi connectivity index (χ1n) is 10.8. The van der Waals surface area contributed by atoms with Crippen LogP contribution in [-0.2, 0) is 7.05 Å². The third kappa shape index (κ3) is 4.52. The zero-order valence-electron chi connectivity index (χ0n) is 18.3. The summed E-state index contributed by atoms with van der Waals surface area (Å²) in [6, 6.07) is 19.3. The molecule has 0 atom stereocenters. The first kappa shape index (κ1) is 20.6. The Labute approximate surface area is 191 Å². The van der Waals surface area contributed by atoms with E-state index in [1.165, 1.54) is 0 Å². The SMILES string of the molecule is Cn1nc(-c2ccccc2)cc1C(=O)N1CCN(c2ccc(Nc3ccncc3)nn2)CC1. The second kappa shape index (κ2) is 9.07. The average Bonchev–Trinajstić information content (AvgIpc) is 3.27. The highest BCUT2D eigenvalue weighted by Gasteiger charge is 2.25. The van der Waals surface area contributed by atoms with Gasteiger partial charge in [-0.1, -0.05) is 30.3 Å². The second-order valence-electron chi connectivity index (χ2n) is 7.82. The zero-order valence-corrected chi connectivity index (χ0v) is 18.3. The number of piperazine rings is 1. The highest BCUT2D eigenvalue weighted by molar-refractivity contribution is 5.94. The molecule has 0 radical (unpaired) electrons. The molecule has 0 unspecified atom stereocenters. The van der Waals surface area contributed by atoms with E-state index in [4.69, 9.17) is 0 Å². The summed E-state index contributed by atoms with van der Waals surface area (Å²) in [5.74, 6) is 1.47. The van der Waals surface area contributed by atoms with Crippen LogP contribution in [-0.4, -0.2) is 61.9 Å². The first-order chi connectivity index (χ1) is 16.2. The van der Waals surface area contributed by atoms with Crippen molar-refractivity contribution in [3.63, 3.8) is 0 Å². The quantitative estimate of drug-likeness (QED) is 0.510. The smallest absolute Gasteiger partial charge is 0.272 e. The minimum absolute atomic E-state index is 0.00480. The fraction of sp³-hybridized carbons (Fsp3) is 0.208. The van der Waals surface area contributed by atoms with Crippen molar-refractivity contribution < 1.29 is 4.79 Å². The normalized spacial score (nSPS) is 13.7. The molecule has 1 amide bonds. The van der Waals surface area contributed by atoms with E-state index in [0.717, 1.165) is 22.8 Å². The van der Waals surface area contributed by atoms with Gasteiger partial charge in [0, 0.05) is 56.9 Å². The summed E-state index contributed by atoms with van der Waals surface area (Å²) in [5.41, 5.74) is 3.30. The minimum atomic E-state index is -0.00480. The van der Waals surface area contributed by atoms with E-state index in [0.29, 0.717) is 37.7 Å². The number of pyridine rings is 1. The molecule has 9 nitrogen and oxygen atoms in total. The average molecular weight is 441 g/mol. The monoisotopic (exact) mass is 440 g/mol. The Morgan fingerprint density at radius 2 is 1.67 bits per heavy atom. The van der Waals surface area contributed by atoms with E-state index in [9.17, 15) is 4.79 Å². The lowest BCUT2D eigenvalue weighted by atomic mass is 10.1. The molecular weight excluding hydrogens is 416 g/mol. The van der Waals surface area contributed by atoms with Crippen LogP contribution in [0.3, 0.4) is 0 Å². The largest absolute Gasteiger partial charge is 0.352 e. The molecule has 1 aromatic carbocycles. The molecule has 0 spiro atoms. The fourth-order valence-corrected chi connectivity index (χ4v) is 3.86. The van der Waals surface area contributed by atoms with Crippen molar-refractivity contribution in [1.82, 2.24) is 29.9 Å². The van der Waals surface area contributed by atoms with Crippen LogP contribution in [0.1, 0.15) is 10.5 Å². The van der Waals surface area contributed by atoms with Crippen LogP contribution in [0.15, 0.2) is 73.1 Å². The molecule has 0 bridgehead atoms. The van der Waals surface area contributed by atoms with Crippen LogP contribution in [0, 0.1) is 0 Å². The Hall–Kier alpha value is -4.27. The number of aryl methyl sites for hydroxylation is 1.